The van der Waals surface area contributed by atoms with Crippen LogP contribution in [0.4, 0.5) is 39.5 Å². The van der Waals surface area contributed by atoms with Crippen molar-refractivity contribution in [3.63, 3.8) is 0 Å². The Morgan fingerprint density at radius 1 is 0.600 bits per heavy atom. The van der Waals surface area contributed by atoms with Gasteiger partial charge in [-0.1, -0.05) is 32.6 Å². The number of halogens is 9. The van der Waals surface area contributed by atoms with Crippen molar-refractivity contribution >= 4 is 0 Å². The lowest BCUT2D eigenvalue weighted by atomic mass is 9.98. The molecule has 1 radical (unpaired) electrons. The molecule has 0 aromatic rings. The SMILES string of the molecule is [CH2]CCCCCCC(F)(F)C(F)(F)C(F)(F)C(F)(F)F. The minimum atomic E-state index is -6.78. The summed E-state index contributed by atoms with van der Waals surface area (Å²) in [5.74, 6) is -18.7. The fourth-order valence-electron chi connectivity index (χ4n) is 1.44. The molecule has 0 aliphatic rings. The van der Waals surface area contributed by atoms with E-state index in [0.717, 1.165) is 0 Å². The first-order valence-electron chi connectivity index (χ1n) is 5.80. The molecule has 0 aliphatic heterocycles. The first kappa shape index (κ1) is 19.4. The third-order valence-corrected chi connectivity index (χ3v) is 2.70. The largest absolute Gasteiger partial charge is 0.460 e. The summed E-state index contributed by atoms with van der Waals surface area (Å²) in [5, 5.41) is 0. The molecule has 0 aliphatic carbocycles. The molecule has 0 heterocycles. The lowest BCUT2D eigenvalue weighted by Gasteiger charge is -2.33. The van der Waals surface area contributed by atoms with Crippen molar-refractivity contribution in [2.45, 2.75) is 62.5 Å². The summed E-state index contributed by atoms with van der Waals surface area (Å²) in [6.07, 6.45) is -7.65. The van der Waals surface area contributed by atoms with Crippen LogP contribution in [0.1, 0.15) is 38.5 Å². The Bertz CT molecular complexity index is 293. The van der Waals surface area contributed by atoms with Gasteiger partial charge in [0, 0.05) is 6.42 Å². The minimum Gasteiger partial charge on any atom is -0.200 e. The molecule has 0 spiro atoms. The predicted molar refractivity (Wildman–Crippen MR) is 54.0 cm³/mol. The minimum absolute atomic E-state index is 0.0266. The van der Waals surface area contributed by atoms with Crippen molar-refractivity contribution in [2.24, 2.45) is 0 Å². The van der Waals surface area contributed by atoms with Crippen molar-refractivity contribution in [3.05, 3.63) is 6.92 Å². The van der Waals surface area contributed by atoms with Gasteiger partial charge in [-0.05, 0) is 6.42 Å². The van der Waals surface area contributed by atoms with Gasteiger partial charge < -0.3 is 0 Å². The van der Waals surface area contributed by atoms with Gasteiger partial charge in [0.1, 0.15) is 0 Å². The van der Waals surface area contributed by atoms with Crippen LogP contribution in [0.3, 0.4) is 0 Å². The molecular weight excluding hydrogens is 303 g/mol. The molecule has 9 heteroatoms. The van der Waals surface area contributed by atoms with Crippen molar-refractivity contribution in [1.29, 1.82) is 0 Å². The van der Waals surface area contributed by atoms with Gasteiger partial charge in [-0.3, -0.25) is 0 Å². The van der Waals surface area contributed by atoms with Gasteiger partial charge in [-0.2, -0.15) is 39.5 Å². The lowest BCUT2D eigenvalue weighted by Crippen LogP contribution is -2.60. The monoisotopic (exact) mass is 317 g/mol. The summed E-state index contributed by atoms with van der Waals surface area (Å²) in [6.45, 7) is 3.44. The van der Waals surface area contributed by atoms with Crippen molar-refractivity contribution < 1.29 is 39.5 Å². The van der Waals surface area contributed by atoms with E-state index in [2.05, 4.69) is 6.92 Å². The van der Waals surface area contributed by atoms with Gasteiger partial charge in [0.25, 0.3) is 0 Å². The predicted octanol–water partition coefficient (Wildman–Crippen LogP) is 5.63. The van der Waals surface area contributed by atoms with E-state index in [0.29, 0.717) is 19.3 Å². The zero-order valence-electron chi connectivity index (χ0n) is 10.4. The highest BCUT2D eigenvalue weighted by Crippen LogP contribution is 2.54. The van der Waals surface area contributed by atoms with E-state index in [1.807, 2.05) is 0 Å². The second kappa shape index (κ2) is 6.43. The molecule has 0 atom stereocenters. The third kappa shape index (κ3) is 3.94. The Balaban J connectivity index is 4.81. The number of alkyl halides is 9. The highest BCUT2D eigenvalue weighted by Gasteiger charge is 2.81. The van der Waals surface area contributed by atoms with Crippen LogP contribution in [0, 0.1) is 6.92 Å². The van der Waals surface area contributed by atoms with Crippen LogP contribution in [0.2, 0.25) is 0 Å². The lowest BCUT2D eigenvalue weighted by molar-refractivity contribution is -0.396. The molecule has 0 saturated heterocycles. The van der Waals surface area contributed by atoms with Gasteiger partial charge >= 0.3 is 23.9 Å². The molecule has 0 N–H and O–H groups in total. The highest BCUT2D eigenvalue weighted by molar-refractivity contribution is 5.00. The Kier molecular flexibility index (Phi) is 6.22. The van der Waals surface area contributed by atoms with Gasteiger partial charge in [-0.15, -0.1) is 0 Å². The van der Waals surface area contributed by atoms with Gasteiger partial charge in [0.15, 0.2) is 0 Å². The molecule has 20 heavy (non-hydrogen) atoms. The zero-order chi connectivity index (χ0) is 16.2. The fraction of sp³-hybridized carbons (Fsp3) is 0.909. The maximum Gasteiger partial charge on any atom is 0.460 e. The normalized spacial score (nSPS) is 14.7. The van der Waals surface area contributed by atoms with E-state index in [1.165, 1.54) is 0 Å². The van der Waals surface area contributed by atoms with Crippen LogP contribution >= 0.6 is 0 Å². The summed E-state index contributed by atoms with van der Waals surface area (Å²) in [6, 6.07) is 0. The van der Waals surface area contributed by atoms with Crippen molar-refractivity contribution in [1.82, 2.24) is 0 Å². The Hall–Kier alpha value is -0.630. The molecule has 0 unspecified atom stereocenters. The molecule has 0 rings (SSSR count). The van der Waals surface area contributed by atoms with Crippen LogP contribution in [-0.4, -0.2) is 23.9 Å². The van der Waals surface area contributed by atoms with E-state index >= 15 is 0 Å². The smallest absolute Gasteiger partial charge is 0.200 e. The van der Waals surface area contributed by atoms with E-state index in [1.54, 1.807) is 0 Å². The van der Waals surface area contributed by atoms with Crippen molar-refractivity contribution in [2.75, 3.05) is 0 Å². The van der Waals surface area contributed by atoms with Gasteiger partial charge in [0.05, 0.1) is 0 Å². The first-order chi connectivity index (χ1) is 8.81. The standard InChI is InChI=1S/C11H14F9/c1-2-3-4-5-6-7-8(12,13)9(14,15)10(16,17)11(18,19)20/h1-7H2. The Labute approximate surface area is 110 Å². The van der Waals surface area contributed by atoms with Crippen LogP contribution in [0.15, 0.2) is 0 Å². The summed E-state index contributed by atoms with van der Waals surface area (Å²) in [5.41, 5.74) is 0. The molecule has 0 bridgehead atoms. The Morgan fingerprint density at radius 3 is 1.45 bits per heavy atom. The maximum absolute atomic E-state index is 13.0. The van der Waals surface area contributed by atoms with E-state index < -0.39 is 36.8 Å². The summed E-state index contributed by atoms with van der Waals surface area (Å²) in [4.78, 5) is 0. The number of rotatable bonds is 8. The summed E-state index contributed by atoms with van der Waals surface area (Å²) >= 11 is 0. The van der Waals surface area contributed by atoms with E-state index in [-0.39, 0.29) is 6.42 Å². The molecular formula is C11H14F9. The van der Waals surface area contributed by atoms with Crippen molar-refractivity contribution in [3.8, 4) is 0 Å². The molecule has 0 saturated carbocycles. The van der Waals surface area contributed by atoms with Crippen LogP contribution < -0.4 is 0 Å². The molecule has 0 aromatic heterocycles. The molecule has 121 valence electrons. The summed E-state index contributed by atoms with van der Waals surface area (Å²) < 4.78 is 112. The van der Waals surface area contributed by atoms with Crippen LogP contribution in [-0.2, 0) is 0 Å². The molecule has 0 fully saturated rings. The fourth-order valence-corrected chi connectivity index (χ4v) is 1.44. The average molecular weight is 317 g/mol. The maximum atomic E-state index is 13.0. The van der Waals surface area contributed by atoms with Crippen LogP contribution in [0.5, 0.6) is 0 Å². The second-order valence-corrected chi connectivity index (χ2v) is 4.37. The average Bonchev–Trinajstić information content (AvgIpc) is 2.26. The molecule has 0 aromatic carbocycles. The third-order valence-electron chi connectivity index (χ3n) is 2.70. The van der Waals surface area contributed by atoms with E-state index in [9.17, 15) is 39.5 Å². The number of hydrogen-bond donors (Lipinski definition) is 0. The molecule has 0 amide bonds. The number of hydrogen-bond acceptors (Lipinski definition) is 0. The van der Waals surface area contributed by atoms with Gasteiger partial charge in [-0.25, -0.2) is 0 Å². The quantitative estimate of drug-likeness (QED) is 0.402. The first-order valence-corrected chi connectivity index (χ1v) is 5.80. The van der Waals surface area contributed by atoms with Gasteiger partial charge in [0.2, 0.25) is 0 Å². The number of unbranched alkanes of at least 4 members (excludes halogenated alkanes) is 4. The van der Waals surface area contributed by atoms with E-state index in [4.69, 9.17) is 0 Å². The summed E-state index contributed by atoms with van der Waals surface area (Å²) in [7, 11) is 0. The second-order valence-electron chi connectivity index (χ2n) is 4.37. The zero-order valence-corrected chi connectivity index (χ0v) is 10.4. The van der Waals surface area contributed by atoms with Crippen LogP contribution in [0.25, 0.3) is 0 Å². The Morgan fingerprint density at radius 2 is 1.05 bits per heavy atom. The highest BCUT2D eigenvalue weighted by atomic mass is 19.4. The molecule has 0 nitrogen and oxygen atoms in total. The topological polar surface area (TPSA) is 0 Å².